The Bertz CT molecular complexity index is 1840. The first-order valence-corrected chi connectivity index (χ1v) is 17.7. The van der Waals surface area contributed by atoms with E-state index in [-0.39, 0.29) is 49.9 Å². The lowest BCUT2D eigenvalue weighted by atomic mass is 10.0. The number of carbonyl (C=O) groups is 5. The third-order valence-electron chi connectivity index (χ3n) is 8.74. The number of amides is 5. The molecule has 0 saturated carbocycles. The molecule has 5 amide bonds. The van der Waals surface area contributed by atoms with Crippen molar-refractivity contribution in [2.24, 2.45) is 32.9 Å². The number of carbonyl (C=O) groups excluding carboxylic acids is 5. The summed E-state index contributed by atoms with van der Waals surface area (Å²) in [6, 6.07) is 14.8. The number of nitrogens with two attached hydrogens (primary N) is 4. The van der Waals surface area contributed by atoms with Gasteiger partial charge in [0.15, 0.2) is 11.9 Å². The second kappa shape index (κ2) is 20.0. The third-order valence-corrected chi connectivity index (χ3v) is 8.74. The topological polar surface area (TPSA) is 295 Å². The van der Waals surface area contributed by atoms with E-state index < -0.39 is 60.2 Å². The zero-order valence-corrected chi connectivity index (χ0v) is 29.9. The summed E-state index contributed by atoms with van der Waals surface area (Å²) in [5.74, 6) is -3.51. The molecule has 1 heterocycles. The molecule has 0 spiro atoms. The minimum atomic E-state index is -1.18. The summed E-state index contributed by atoms with van der Waals surface area (Å²) in [5, 5.41) is 25.2. The Hall–Kier alpha value is -6.39. The minimum absolute atomic E-state index is 0.00266. The summed E-state index contributed by atoms with van der Waals surface area (Å²) in [4.78, 5) is 76.6. The van der Waals surface area contributed by atoms with Crippen molar-refractivity contribution < 1.29 is 29.1 Å². The Balaban J connectivity index is 1.67. The monoisotopic (exact) mass is 743 g/mol. The Labute approximate surface area is 312 Å². The number of aromatic hydroxyl groups is 1. The molecular weight excluding hydrogens is 694 g/mol. The molecule has 0 aromatic heterocycles. The van der Waals surface area contributed by atoms with Gasteiger partial charge in [0.1, 0.15) is 29.9 Å². The first-order chi connectivity index (χ1) is 25.9. The zero-order chi connectivity index (χ0) is 39.0. The van der Waals surface area contributed by atoms with Crippen molar-refractivity contribution in [2.45, 2.75) is 69.1 Å². The van der Waals surface area contributed by atoms with E-state index in [1.165, 1.54) is 12.1 Å². The van der Waals surface area contributed by atoms with Crippen LogP contribution in [0.3, 0.4) is 0 Å². The largest absolute Gasteiger partial charge is 0.508 e. The maximum Gasteiger partial charge on any atom is 0.243 e. The maximum absolute atomic E-state index is 14.0. The fourth-order valence-corrected chi connectivity index (χ4v) is 5.95. The normalized spacial score (nSPS) is 19.9. The van der Waals surface area contributed by atoms with Gasteiger partial charge in [0.05, 0.1) is 6.54 Å². The Morgan fingerprint density at radius 1 is 0.593 bits per heavy atom. The van der Waals surface area contributed by atoms with Gasteiger partial charge in [-0.15, -0.1) is 0 Å². The molecule has 1 fully saturated rings. The summed E-state index contributed by atoms with van der Waals surface area (Å²) in [5.41, 5.74) is 23.2. The molecule has 1 aliphatic rings. The highest BCUT2D eigenvalue weighted by Crippen LogP contribution is 2.17. The fourth-order valence-electron chi connectivity index (χ4n) is 5.95. The molecule has 0 radical (unpaired) electrons. The molecule has 17 nitrogen and oxygen atoms in total. The summed E-state index contributed by atoms with van der Waals surface area (Å²) in [6.07, 6.45) is 1.50. The van der Waals surface area contributed by atoms with Gasteiger partial charge in [0.2, 0.25) is 29.5 Å². The van der Waals surface area contributed by atoms with Crippen LogP contribution in [0.4, 0.5) is 0 Å². The highest BCUT2D eigenvalue weighted by Gasteiger charge is 2.32. The van der Waals surface area contributed by atoms with Gasteiger partial charge in [0, 0.05) is 25.9 Å². The van der Waals surface area contributed by atoms with Crippen LogP contribution < -0.4 is 49.5 Å². The molecule has 17 heteroatoms. The van der Waals surface area contributed by atoms with Crippen LogP contribution in [0.15, 0.2) is 76.7 Å². The van der Waals surface area contributed by atoms with Gasteiger partial charge in [-0.3, -0.25) is 34.0 Å². The molecule has 0 bridgehead atoms. The van der Waals surface area contributed by atoms with Gasteiger partial charge >= 0.3 is 0 Å². The number of rotatable bonds is 13. The van der Waals surface area contributed by atoms with Crippen molar-refractivity contribution in [3.8, 4) is 5.75 Å². The number of hydrogen-bond donors (Lipinski definition) is 10. The van der Waals surface area contributed by atoms with Crippen molar-refractivity contribution in [1.82, 2.24) is 26.6 Å². The average molecular weight is 744 g/mol. The number of fused-ring (bicyclic) bond motifs is 1. The fraction of sp³-hybridized carbons (Fsp3) is 0.378. The molecule has 4 unspecified atom stereocenters. The summed E-state index contributed by atoms with van der Waals surface area (Å²) >= 11 is 0. The van der Waals surface area contributed by atoms with E-state index in [4.69, 9.17) is 22.9 Å². The van der Waals surface area contributed by atoms with E-state index in [2.05, 4.69) is 36.6 Å². The second-order valence-corrected chi connectivity index (χ2v) is 13.0. The standard InChI is InChI=1S/C37H49N11O6/c38-36(39)42-16-4-3-8-27-33(52)46-28(9-5-17-43-37(40)41)34(53)48-29(20-23-10-13-24-6-1-2-7-25(24)18-23)32(51)44-21-31(50)45-30(35(54)47-27)19-22-11-14-26(49)15-12-22/h1-2,6-7,10-15,18,27-30,49H,3-5,8-9,16-17,19-21H2,(H,44,51)(H,45,50)(H,46,52)(H,47,54)(H,48,53)(H4,38,39,42)(H4,40,41,43). The number of benzene rings is 3. The van der Waals surface area contributed by atoms with Crippen molar-refractivity contribution in [1.29, 1.82) is 0 Å². The number of phenolic OH excluding ortho intramolecular Hbond substituents is 1. The smallest absolute Gasteiger partial charge is 0.243 e. The maximum atomic E-state index is 14.0. The predicted octanol–water partition coefficient (Wildman–Crippen LogP) is -1.10. The molecule has 3 aromatic rings. The molecule has 3 aromatic carbocycles. The van der Waals surface area contributed by atoms with E-state index in [9.17, 15) is 29.1 Å². The van der Waals surface area contributed by atoms with E-state index in [1.54, 1.807) is 12.1 Å². The minimum Gasteiger partial charge on any atom is -0.508 e. The van der Waals surface area contributed by atoms with Gasteiger partial charge in [-0.05, 0) is 66.1 Å². The molecule has 1 saturated heterocycles. The van der Waals surface area contributed by atoms with E-state index in [0.29, 0.717) is 31.4 Å². The van der Waals surface area contributed by atoms with E-state index >= 15 is 0 Å². The van der Waals surface area contributed by atoms with Crippen LogP contribution in [-0.4, -0.2) is 90.4 Å². The molecule has 1 aliphatic heterocycles. The van der Waals surface area contributed by atoms with Gasteiger partial charge in [0.25, 0.3) is 0 Å². The number of nitrogens with one attached hydrogen (secondary N) is 5. The van der Waals surface area contributed by atoms with Gasteiger partial charge in [-0.1, -0.05) is 54.6 Å². The molecule has 4 rings (SSSR count). The van der Waals surface area contributed by atoms with Crippen LogP contribution in [0.25, 0.3) is 10.8 Å². The van der Waals surface area contributed by atoms with Gasteiger partial charge in [-0.25, -0.2) is 0 Å². The molecule has 54 heavy (non-hydrogen) atoms. The molecule has 0 aliphatic carbocycles. The number of guanidine groups is 2. The quantitative estimate of drug-likeness (QED) is 0.0573. The van der Waals surface area contributed by atoms with Crippen LogP contribution in [-0.2, 0) is 36.8 Å². The van der Waals surface area contributed by atoms with Crippen molar-refractivity contribution in [3.05, 3.63) is 77.9 Å². The number of phenols is 1. The summed E-state index contributed by atoms with van der Waals surface area (Å²) in [6.45, 7) is -0.0457. The van der Waals surface area contributed by atoms with Crippen molar-refractivity contribution in [3.63, 3.8) is 0 Å². The van der Waals surface area contributed by atoms with Crippen LogP contribution in [0.5, 0.6) is 5.75 Å². The third kappa shape index (κ3) is 13.0. The van der Waals surface area contributed by atoms with Crippen LogP contribution in [0.2, 0.25) is 0 Å². The van der Waals surface area contributed by atoms with Crippen LogP contribution >= 0.6 is 0 Å². The van der Waals surface area contributed by atoms with Crippen molar-refractivity contribution >= 4 is 52.2 Å². The van der Waals surface area contributed by atoms with E-state index in [0.717, 1.165) is 16.3 Å². The first kappa shape index (κ1) is 40.4. The number of nitrogens with zero attached hydrogens (tertiary/aromatic N) is 2. The number of aliphatic imine (C=N–C) groups is 2. The van der Waals surface area contributed by atoms with Gasteiger partial charge < -0.3 is 54.6 Å². The Kier molecular flexibility index (Phi) is 15.0. The van der Waals surface area contributed by atoms with Gasteiger partial charge in [-0.2, -0.15) is 0 Å². The van der Waals surface area contributed by atoms with E-state index in [1.807, 2.05) is 42.5 Å². The molecule has 288 valence electrons. The highest BCUT2D eigenvalue weighted by molar-refractivity contribution is 5.97. The Morgan fingerprint density at radius 3 is 1.76 bits per heavy atom. The van der Waals surface area contributed by atoms with Crippen molar-refractivity contribution in [2.75, 3.05) is 19.6 Å². The SMILES string of the molecule is NC(N)=NCCCCC1NC(=O)C(Cc2ccc(O)cc2)NC(=O)CNC(=O)C(Cc2ccc3ccccc3c2)NC(=O)C(CCCN=C(N)N)NC1=O. The summed E-state index contributed by atoms with van der Waals surface area (Å²) < 4.78 is 0. The lowest BCUT2D eigenvalue weighted by Gasteiger charge is -2.26. The second-order valence-electron chi connectivity index (χ2n) is 13.0. The summed E-state index contributed by atoms with van der Waals surface area (Å²) in [7, 11) is 0. The highest BCUT2D eigenvalue weighted by atomic mass is 16.3. The van der Waals surface area contributed by atoms with Crippen LogP contribution in [0, 0.1) is 0 Å². The first-order valence-electron chi connectivity index (χ1n) is 17.7. The van der Waals surface area contributed by atoms with Crippen LogP contribution in [0.1, 0.15) is 43.2 Å². The molecule has 14 N–H and O–H groups in total. The number of hydrogen-bond acceptors (Lipinski definition) is 8. The lowest BCUT2D eigenvalue weighted by Crippen LogP contribution is -2.58. The lowest BCUT2D eigenvalue weighted by molar-refractivity contribution is -0.134. The predicted molar refractivity (Wildman–Crippen MR) is 205 cm³/mol. The number of unbranched alkanes of at least 4 members (excludes halogenated alkanes) is 1. The average Bonchev–Trinajstić information content (AvgIpc) is 3.14. The Morgan fingerprint density at radius 2 is 1.11 bits per heavy atom. The molecular formula is C37H49N11O6. The zero-order valence-electron chi connectivity index (χ0n) is 29.9. The molecule has 4 atom stereocenters.